The van der Waals surface area contributed by atoms with E-state index in [9.17, 15) is 4.79 Å². The summed E-state index contributed by atoms with van der Waals surface area (Å²) in [6, 6.07) is 1.77. The van der Waals surface area contributed by atoms with Crippen LogP contribution in [0.2, 0.25) is 0 Å². The summed E-state index contributed by atoms with van der Waals surface area (Å²) in [6.07, 6.45) is 3.79. The Morgan fingerprint density at radius 3 is 2.76 bits per heavy atom. The number of aromatic nitrogens is 2. The van der Waals surface area contributed by atoms with Crippen molar-refractivity contribution in [1.29, 1.82) is 0 Å². The summed E-state index contributed by atoms with van der Waals surface area (Å²) in [6.45, 7) is 7.21. The minimum atomic E-state index is -0.307. The molecule has 1 saturated carbocycles. The predicted molar refractivity (Wildman–Crippen MR) is 99.4 cm³/mol. The van der Waals surface area contributed by atoms with Gasteiger partial charge in [-0.15, -0.1) is 11.3 Å². The second-order valence-corrected chi connectivity index (χ2v) is 8.20. The molecule has 134 valence electrons. The number of carbonyl (C=O) groups excluding carboxylic acids is 1. The highest BCUT2D eigenvalue weighted by Gasteiger charge is 2.39. The average Bonchev–Trinajstić information content (AvgIpc) is 3.27. The van der Waals surface area contributed by atoms with E-state index >= 15 is 0 Å². The predicted octanol–water partition coefficient (Wildman–Crippen LogP) is 3.13. The van der Waals surface area contributed by atoms with Crippen LogP contribution in [-0.2, 0) is 4.74 Å². The lowest BCUT2D eigenvalue weighted by Gasteiger charge is -2.20. The average molecular weight is 360 g/mol. The summed E-state index contributed by atoms with van der Waals surface area (Å²) >= 11 is 1.38. The molecule has 0 bridgehead atoms. The highest BCUT2D eigenvalue weighted by molar-refractivity contribution is 7.20. The molecule has 3 heterocycles. The zero-order chi connectivity index (χ0) is 17.7. The van der Waals surface area contributed by atoms with Gasteiger partial charge in [0, 0.05) is 24.7 Å². The van der Waals surface area contributed by atoms with E-state index in [1.807, 2.05) is 13.8 Å². The van der Waals surface area contributed by atoms with Crippen molar-refractivity contribution in [1.82, 2.24) is 14.9 Å². The summed E-state index contributed by atoms with van der Waals surface area (Å²) < 4.78 is 4.91. The molecule has 2 fully saturated rings. The number of likely N-dealkylation sites (tertiary alicyclic amines) is 1. The summed E-state index contributed by atoms with van der Waals surface area (Å²) in [7, 11) is 1.41. The van der Waals surface area contributed by atoms with Gasteiger partial charge in [0.2, 0.25) is 0 Å². The van der Waals surface area contributed by atoms with E-state index in [1.165, 1.54) is 31.3 Å². The molecule has 2 aromatic heterocycles. The molecule has 2 unspecified atom stereocenters. The number of fused-ring (bicyclic) bond motifs is 1. The monoisotopic (exact) mass is 360 g/mol. The Morgan fingerprint density at radius 2 is 2.08 bits per heavy atom. The van der Waals surface area contributed by atoms with Gasteiger partial charge in [-0.25, -0.2) is 14.8 Å². The third kappa shape index (κ3) is 3.00. The van der Waals surface area contributed by atoms with Crippen LogP contribution in [0.25, 0.3) is 10.2 Å². The van der Waals surface area contributed by atoms with Crippen molar-refractivity contribution in [3.63, 3.8) is 0 Å². The Balaban J connectivity index is 1.67. The molecule has 0 aromatic carbocycles. The fourth-order valence-corrected chi connectivity index (χ4v) is 5.05. The number of thiophene rings is 1. The molecule has 2 aliphatic rings. The van der Waals surface area contributed by atoms with E-state index in [0.717, 1.165) is 46.4 Å². The zero-order valence-corrected chi connectivity index (χ0v) is 15.9. The molecule has 25 heavy (non-hydrogen) atoms. The van der Waals surface area contributed by atoms with E-state index in [-0.39, 0.29) is 5.97 Å². The van der Waals surface area contributed by atoms with Crippen molar-refractivity contribution in [3.8, 4) is 0 Å². The Kier molecular flexibility index (Phi) is 4.16. The normalized spacial score (nSPS) is 24.0. The molecule has 4 rings (SSSR count). The van der Waals surface area contributed by atoms with E-state index in [1.54, 1.807) is 0 Å². The maximum Gasteiger partial charge on any atom is 0.348 e. The highest BCUT2D eigenvalue weighted by Crippen LogP contribution is 2.37. The molecule has 7 heteroatoms. The number of esters is 1. The topological polar surface area (TPSA) is 67.3 Å². The lowest BCUT2D eigenvalue weighted by molar-refractivity contribution is 0.0605. The number of nitrogens with one attached hydrogen (secondary N) is 1. The smallest absolute Gasteiger partial charge is 0.348 e. The fourth-order valence-electron chi connectivity index (χ4n) is 3.91. The van der Waals surface area contributed by atoms with Crippen LogP contribution in [0, 0.1) is 13.8 Å². The molecule has 1 aliphatic carbocycles. The Morgan fingerprint density at radius 1 is 1.32 bits per heavy atom. The first-order chi connectivity index (χ1) is 12.0. The van der Waals surface area contributed by atoms with Crippen molar-refractivity contribution in [3.05, 3.63) is 16.3 Å². The van der Waals surface area contributed by atoms with Crippen molar-refractivity contribution in [2.45, 2.75) is 58.2 Å². The number of hydrogen-bond donors (Lipinski definition) is 1. The quantitative estimate of drug-likeness (QED) is 0.845. The summed E-state index contributed by atoms with van der Waals surface area (Å²) in [5.41, 5.74) is 0.902. The molecule has 2 aromatic rings. The number of rotatable bonds is 4. The fraction of sp³-hybridized carbons (Fsp3) is 0.611. The Bertz CT molecular complexity index is 830. The summed E-state index contributed by atoms with van der Waals surface area (Å²) in [5.74, 6) is 1.26. The minimum Gasteiger partial charge on any atom is -0.465 e. The van der Waals surface area contributed by atoms with Gasteiger partial charge in [-0.3, -0.25) is 4.90 Å². The number of methoxy groups -OCH3 is 1. The van der Waals surface area contributed by atoms with Crippen LogP contribution in [0.4, 0.5) is 5.82 Å². The third-order valence-electron chi connectivity index (χ3n) is 5.25. The second-order valence-electron chi connectivity index (χ2n) is 7.20. The van der Waals surface area contributed by atoms with Crippen molar-refractivity contribution in [2.24, 2.45) is 0 Å². The van der Waals surface area contributed by atoms with Gasteiger partial charge >= 0.3 is 5.97 Å². The largest absolute Gasteiger partial charge is 0.465 e. The van der Waals surface area contributed by atoms with Crippen LogP contribution >= 0.6 is 11.3 Å². The lowest BCUT2D eigenvalue weighted by Crippen LogP contribution is -2.31. The number of hydrogen-bond acceptors (Lipinski definition) is 7. The number of carbonyl (C=O) groups is 1. The van der Waals surface area contributed by atoms with E-state index in [2.05, 4.69) is 27.1 Å². The molecule has 0 radical (unpaired) electrons. The Labute approximate surface area is 151 Å². The minimum absolute atomic E-state index is 0.307. The summed E-state index contributed by atoms with van der Waals surface area (Å²) in [5, 5.41) is 4.59. The van der Waals surface area contributed by atoms with Crippen LogP contribution < -0.4 is 5.32 Å². The van der Waals surface area contributed by atoms with Crippen molar-refractivity contribution < 1.29 is 9.53 Å². The Hall–Kier alpha value is -1.73. The van der Waals surface area contributed by atoms with Crippen LogP contribution in [0.5, 0.6) is 0 Å². The van der Waals surface area contributed by atoms with Gasteiger partial charge in [0.15, 0.2) is 0 Å². The van der Waals surface area contributed by atoms with Gasteiger partial charge < -0.3 is 10.1 Å². The first kappa shape index (κ1) is 16.7. The van der Waals surface area contributed by atoms with Crippen LogP contribution in [0.3, 0.4) is 0 Å². The second kappa shape index (κ2) is 6.21. The SMILES string of the molecule is COC(=O)c1sc2nc(C)nc(NC3CC(C)N(C4CC4)C3)c2c1C. The first-order valence-corrected chi connectivity index (χ1v) is 9.68. The van der Waals surface area contributed by atoms with Gasteiger partial charge in [0.25, 0.3) is 0 Å². The van der Waals surface area contributed by atoms with E-state index < -0.39 is 0 Å². The molecule has 1 N–H and O–H groups in total. The lowest BCUT2D eigenvalue weighted by atomic mass is 10.1. The molecule has 1 aliphatic heterocycles. The molecule has 1 saturated heterocycles. The number of ether oxygens (including phenoxy) is 1. The van der Waals surface area contributed by atoms with E-state index in [4.69, 9.17) is 4.74 Å². The van der Waals surface area contributed by atoms with Gasteiger partial charge in [-0.1, -0.05) is 0 Å². The molecule has 2 atom stereocenters. The van der Waals surface area contributed by atoms with Crippen molar-refractivity contribution in [2.75, 3.05) is 19.0 Å². The molecular formula is C18H24N4O2S. The number of anilines is 1. The standard InChI is InChI=1S/C18H24N4O2S/c1-9-7-12(8-22(9)13-5-6-13)21-16-14-10(2)15(18(23)24-4)25-17(14)20-11(3)19-16/h9,12-13H,5-8H2,1-4H3,(H,19,20,21). The van der Waals surface area contributed by atoms with Gasteiger partial charge in [0.05, 0.1) is 12.5 Å². The van der Waals surface area contributed by atoms with Crippen LogP contribution in [0.15, 0.2) is 0 Å². The zero-order valence-electron chi connectivity index (χ0n) is 15.1. The molecular weight excluding hydrogens is 336 g/mol. The van der Waals surface area contributed by atoms with Crippen molar-refractivity contribution >= 4 is 33.3 Å². The van der Waals surface area contributed by atoms with Gasteiger partial charge in [-0.05, 0) is 45.6 Å². The number of nitrogens with zero attached hydrogens (tertiary/aromatic N) is 3. The molecule has 0 amide bonds. The maximum atomic E-state index is 12.0. The van der Waals surface area contributed by atoms with Crippen LogP contribution in [-0.4, -0.2) is 52.6 Å². The maximum absolute atomic E-state index is 12.0. The van der Waals surface area contributed by atoms with Gasteiger partial charge in [0.1, 0.15) is 21.3 Å². The molecule has 6 nitrogen and oxygen atoms in total. The highest BCUT2D eigenvalue weighted by atomic mass is 32.1. The van der Waals surface area contributed by atoms with Gasteiger partial charge in [-0.2, -0.15) is 0 Å². The number of aryl methyl sites for hydroxylation is 2. The third-order valence-corrected chi connectivity index (χ3v) is 6.42. The first-order valence-electron chi connectivity index (χ1n) is 8.86. The summed E-state index contributed by atoms with van der Waals surface area (Å²) in [4.78, 5) is 25.3. The van der Waals surface area contributed by atoms with E-state index in [0.29, 0.717) is 17.0 Å². The van der Waals surface area contributed by atoms with Crippen LogP contribution in [0.1, 0.15) is 47.2 Å². The molecule has 0 spiro atoms.